The van der Waals surface area contributed by atoms with Crippen molar-refractivity contribution in [3.8, 4) is 17.6 Å². The number of carbonyl (C=O) groups is 1. The number of esters is 1. The van der Waals surface area contributed by atoms with Crippen LogP contribution >= 0.6 is 0 Å². The summed E-state index contributed by atoms with van der Waals surface area (Å²) in [6, 6.07) is 16.1. The van der Waals surface area contributed by atoms with Crippen molar-refractivity contribution in [3.05, 3.63) is 65.2 Å². The van der Waals surface area contributed by atoms with E-state index < -0.39 is 11.5 Å². The Morgan fingerprint density at radius 1 is 1.11 bits per heavy atom. The van der Waals surface area contributed by atoms with Crippen LogP contribution in [0.15, 0.2) is 48.5 Å². The zero-order valence-electron chi connectivity index (χ0n) is 22.2. The molecule has 1 aliphatic heterocycles. The number of rotatable bonds is 6. The first-order valence-electron chi connectivity index (χ1n) is 12.4. The van der Waals surface area contributed by atoms with E-state index in [1.165, 1.54) is 0 Å². The van der Waals surface area contributed by atoms with E-state index in [1.807, 2.05) is 63.0 Å². The van der Waals surface area contributed by atoms with E-state index in [4.69, 9.17) is 15.3 Å². The number of piperidine rings is 1. The second kappa shape index (κ2) is 10.8. The first-order valence-corrected chi connectivity index (χ1v) is 12.4. The summed E-state index contributed by atoms with van der Waals surface area (Å²) in [5.41, 5.74) is 1.96. The van der Waals surface area contributed by atoms with Crippen molar-refractivity contribution in [3.63, 3.8) is 0 Å². The van der Waals surface area contributed by atoms with Gasteiger partial charge in [-0.2, -0.15) is 0 Å². The predicted molar refractivity (Wildman–Crippen MR) is 141 cm³/mol. The van der Waals surface area contributed by atoms with E-state index in [9.17, 15) is 4.79 Å². The molecular weight excluding hydrogens is 436 g/mol. The van der Waals surface area contributed by atoms with Gasteiger partial charge >= 0.3 is 5.97 Å². The van der Waals surface area contributed by atoms with E-state index in [0.29, 0.717) is 5.75 Å². The third-order valence-corrected chi connectivity index (χ3v) is 6.67. The van der Waals surface area contributed by atoms with Gasteiger partial charge in [0.2, 0.25) is 0 Å². The second-order valence-electron chi connectivity index (χ2n) is 10.9. The van der Waals surface area contributed by atoms with Gasteiger partial charge in [0.25, 0.3) is 0 Å². The van der Waals surface area contributed by atoms with Crippen molar-refractivity contribution in [2.75, 3.05) is 13.7 Å². The van der Waals surface area contributed by atoms with Crippen LogP contribution in [0, 0.1) is 17.8 Å². The number of nitrogens with two attached hydrogens (primary N) is 1. The van der Waals surface area contributed by atoms with E-state index in [-0.39, 0.29) is 23.3 Å². The van der Waals surface area contributed by atoms with Crippen LogP contribution in [0.25, 0.3) is 0 Å². The molecule has 2 aromatic carbocycles. The smallest absolute Gasteiger partial charge is 0.314 e. The van der Waals surface area contributed by atoms with Crippen LogP contribution in [-0.2, 0) is 14.9 Å². The Morgan fingerprint density at radius 2 is 1.80 bits per heavy atom. The Balaban J connectivity index is 2.22. The molecule has 2 N–H and O–H groups in total. The number of carbonyl (C=O) groups excluding carboxylic acids is 1. The minimum absolute atomic E-state index is 0.0875. The molecule has 0 bridgehead atoms. The molecule has 0 saturated carbocycles. The monoisotopic (exact) mass is 476 g/mol. The summed E-state index contributed by atoms with van der Waals surface area (Å²) in [6.07, 6.45) is 1.75. The van der Waals surface area contributed by atoms with E-state index in [0.717, 1.165) is 36.1 Å². The molecule has 0 radical (unpaired) electrons. The summed E-state index contributed by atoms with van der Waals surface area (Å²) >= 11 is 0. The minimum atomic E-state index is -0.619. The fraction of sp³-hybridized carbons (Fsp3) is 0.500. The second-order valence-corrected chi connectivity index (χ2v) is 10.9. The van der Waals surface area contributed by atoms with E-state index in [1.54, 1.807) is 7.11 Å². The number of methoxy groups -OCH3 is 1. The van der Waals surface area contributed by atoms with Gasteiger partial charge < -0.3 is 9.47 Å². The lowest BCUT2D eigenvalue weighted by atomic mass is 9.73. The quantitative estimate of drug-likeness (QED) is 0.327. The Bertz CT molecular complexity index is 1080. The zero-order valence-corrected chi connectivity index (χ0v) is 22.2. The fourth-order valence-corrected chi connectivity index (χ4v) is 5.14. The van der Waals surface area contributed by atoms with Crippen molar-refractivity contribution >= 4 is 5.97 Å². The van der Waals surface area contributed by atoms with Gasteiger partial charge in [0.1, 0.15) is 11.4 Å². The topological polar surface area (TPSA) is 64.8 Å². The van der Waals surface area contributed by atoms with Gasteiger partial charge in [-0.3, -0.25) is 10.6 Å². The standard InChI is InChI=1S/C30H40N2O3/c1-8-18-30(5,6)22-16-17-25(34-7)24(20-22)26(28(33)35-29(2,3)4)23-15-12-19-32(31)27(23)21-13-10-9-11-14-21/h9-11,13-14,16-17,20,23,26-27H,12,15,19,31H2,1-7H3/t23-,26?,27+/m0/s1. The minimum Gasteiger partial charge on any atom is -0.496 e. The SMILES string of the molecule is CC#CC(C)(C)c1ccc(OC)c(C(C(=O)OC(C)(C)C)[C@@H]2CCCN(N)[C@@H]2c2ccccc2)c1. The first-order chi connectivity index (χ1) is 16.5. The largest absolute Gasteiger partial charge is 0.496 e. The molecule has 0 spiro atoms. The summed E-state index contributed by atoms with van der Waals surface area (Å²) in [4.78, 5) is 13.9. The summed E-state index contributed by atoms with van der Waals surface area (Å²) < 4.78 is 11.8. The van der Waals surface area contributed by atoms with Crippen LogP contribution in [0.2, 0.25) is 0 Å². The highest BCUT2D eigenvalue weighted by atomic mass is 16.6. The van der Waals surface area contributed by atoms with E-state index in [2.05, 4.69) is 43.9 Å². The number of hydrogen-bond donors (Lipinski definition) is 1. The summed E-state index contributed by atoms with van der Waals surface area (Å²) in [5.74, 6) is 12.7. The van der Waals surface area contributed by atoms with Crippen LogP contribution in [0.4, 0.5) is 0 Å². The molecule has 3 atom stereocenters. The lowest BCUT2D eigenvalue weighted by Gasteiger charge is -2.43. The Morgan fingerprint density at radius 3 is 2.40 bits per heavy atom. The van der Waals surface area contributed by atoms with Crippen LogP contribution in [0.1, 0.15) is 83.0 Å². The van der Waals surface area contributed by atoms with Gasteiger partial charge in [0.05, 0.1) is 24.5 Å². The maximum atomic E-state index is 13.9. The summed E-state index contributed by atoms with van der Waals surface area (Å²) in [6.45, 7) is 12.5. The lowest BCUT2D eigenvalue weighted by molar-refractivity contribution is -0.159. The summed E-state index contributed by atoms with van der Waals surface area (Å²) in [5, 5.41) is 1.88. The molecule has 35 heavy (non-hydrogen) atoms. The maximum Gasteiger partial charge on any atom is 0.314 e. The zero-order chi connectivity index (χ0) is 25.8. The average molecular weight is 477 g/mol. The molecule has 5 heteroatoms. The Hall–Kier alpha value is -2.81. The molecule has 1 heterocycles. The van der Waals surface area contributed by atoms with E-state index >= 15 is 0 Å². The number of nitrogens with zero attached hydrogens (tertiary/aromatic N) is 1. The van der Waals surface area contributed by atoms with Crippen molar-refractivity contribution in [2.45, 2.75) is 77.4 Å². The molecule has 1 aliphatic rings. The number of ether oxygens (including phenoxy) is 2. The number of benzene rings is 2. The highest BCUT2D eigenvalue weighted by molar-refractivity contribution is 5.80. The molecule has 0 amide bonds. The highest BCUT2D eigenvalue weighted by Crippen LogP contribution is 2.46. The molecule has 1 fully saturated rings. The average Bonchev–Trinajstić information content (AvgIpc) is 2.78. The van der Waals surface area contributed by atoms with Gasteiger partial charge in [0.15, 0.2) is 0 Å². The van der Waals surface area contributed by atoms with Crippen molar-refractivity contribution in [1.82, 2.24) is 5.01 Å². The Labute approximate surface area is 211 Å². The molecule has 2 aromatic rings. The van der Waals surface area contributed by atoms with Gasteiger partial charge in [-0.05, 0) is 83.6 Å². The molecule has 5 nitrogen and oxygen atoms in total. The van der Waals surface area contributed by atoms with Crippen molar-refractivity contribution < 1.29 is 14.3 Å². The lowest BCUT2D eigenvalue weighted by Crippen LogP contribution is -2.47. The Kier molecular flexibility index (Phi) is 8.30. The molecule has 1 saturated heterocycles. The van der Waals surface area contributed by atoms with Crippen molar-refractivity contribution in [2.24, 2.45) is 11.8 Å². The maximum absolute atomic E-state index is 13.9. The normalized spacial score (nSPS) is 19.9. The molecular formula is C30H40N2O3. The predicted octanol–water partition coefficient (Wildman–Crippen LogP) is 5.75. The van der Waals surface area contributed by atoms with Crippen molar-refractivity contribution in [1.29, 1.82) is 0 Å². The number of hydrogen-bond acceptors (Lipinski definition) is 5. The third-order valence-electron chi connectivity index (χ3n) is 6.67. The molecule has 188 valence electrons. The highest BCUT2D eigenvalue weighted by Gasteiger charge is 2.43. The van der Waals surface area contributed by atoms with Crippen LogP contribution in [-0.4, -0.2) is 30.2 Å². The first kappa shape index (κ1) is 26.8. The van der Waals surface area contributed by atoms with Gasteiger partial charge in [-0.1, -0.05) is 42.3 Å². The van der Waals surface area contributed by atoms with Crippen LogP contribution < -0.4 is 10.6 Å². The summed E-state index contributed by atoms with van der Waals surface area (Å²) in [7, 11) is 1.65. The van der Waals surface area contributed by atoms with Gasteiger partial charge in [-0.15, -0.1) is 5.92 Å². The van der Waals surface area contributed by atoms with Crippen LogP contribution in [0.5, 0.6) is 5.75 Å². The fourth-order valence-electron chi connectivity index (χ4n) is 5.14. The third kappa shape index (κ3) is 6.25. The van der Waals surface area contributed by atoms with Crippen LogP contribution in [0.3, 0.4) is 0 Å². The van der Waals surface area contributed by atoms with Gasteiger partial charge in [0, 0.05) is 12.1 Å². The molecule has 3 rings (SSSR count). The molecule has 1 unspecified atom stereocenters. The van der Waals surface area contributed by atoms with Gasteiger partial charge in [-0.25, -0.2) is 5.01 Å². The number of hydrazine groups is 1. The molecule has 0 aromatic heterocycles. The molecule has 0 aliphatic carbocycles.